The van der Waals surface area contributed by atoms with E-state index in [2.05, 4.69) is 6.58 Å². The van der Waals surface area contributed by atoms with E-state index in [4.69, 9.17) is 5.73 Å². The molecule has 1 N–H and O–H groups in total. The van der Waals surface area contributed by atoms with E-state index in [0.29, 0.717) is 0 Å². The van der Waals surface area contributed by atoms with Crippen molar-refractivity contribution in [3.63, 3.8) is 0 Å². The average molecular weight is 315 g/mol. The Morgan fingerprint density at radius 1 is 1.75 bits per heavy atom. The first-order chi connectivity index (χ1) is 2.91. The topological polar surface area (TPSA) is 23.8 Å². The van der Waals surface area contributed by atoms with Crippen molar-refractivity contribution >= 4 is 9.90 Å². The summed E-state index contributed by atoms with van der Waals surface area (Å²) in [5.74, 6) is 0. The SMILES string of the molecule is C=CCC=C[NH].[Au+].[H+].[HH].[PH2-]. The number of hydrogen-bond acceptors (Lipinski definition) is 0. The Morgan fingerprint density at radius 2 is 2.25 bits per heavy atom. The molecule has 0 aliphatic heterocycles. The van der Waals surface area contributed by atoms with E-state index in [1.54, 1.807) is 12.2 Å². The molecule has 0 heterocycles. The van der Waals surface area contributed by atoms with Gasteiger partial charge in [0.2, 0.25) is 0 Å². The van der Waals surface area contributed by atoms with Gasteiger partial charge in [-0.05, 0) is 6.42 Å². The molecule has 0 spiro atoms. The zero-order valence-corrected chi connectivity index (χ0v) is 7.85. The monoisotopic (exact) mass is 315 g/mol. The van der Waals surface area contributed by atoms with E-state index in [9.17, 15) is 0 Å². The molecule has 0 rings (SSSR count). The molecule has 0 bridgehead atoms. The van der Waals surface area contributed by atoms with Gasteiger partial charge in [-0.2, -0.15) is 0 Å². The molecular formula is C5H13AuNP+. The van der Waals surface area contributed by atoms with Gasteiger partial charge in [0.25, 0.3) is 0 Å². The van der Waals surface area contributed by atoms with Crippen molar-refractivity contribution in [2.45, 2.75) is 6.42 Å². The predicted molar refractivity (Wildman–Crippen MR) is 40.0 cm³/mol. The molecule has 0 aromatic rings. The molecule has 0 saturated heterocycles. The van der Waals surface area contributed by atoms with E-state index >= 15 is 0 Å². The molecule has 8 heavy (non-hydrogen) atoms. The van der Waals surface area contributed by atoms with Gasteiger partial charge < -0.3 is 15.6 Å². The van der Waals surface area contributed by atoms with Crippen molar-refractivity contribution in [3.8, 4) is 0 Å². The number of hydrogen-bond donors (Lipinski definition) is 0. The summed E-state index contributed by atoms with van der Waals surface area (Å²) in [6.07, 6.45) is 5.56. The van der Waals surface area contributed by atoms with Crippen LogP contribution in [0.2, 0.25) is 0 Å². The largest absolute Gasteiger partial charge is 1.00 e. The smallest absolute Gasteiger partial charge is 0.577 e. The van der Waals surface area contributed by atoms with E-state index in [1.165, 1.54) is 6.20 Å². The van der Waals surface area contributed by atoms with Gasteiger partial charge in [-0.25, -0.2) is 0 Å². The minimum atomic E-state index is 0. The van der Waals surface area contributed by atoms with Crippen LogP contribution in [0.4, 0.5) is 0 Å². The minimum absolute atomic E-state index is 0. The zero-order chi connectivity index (χ0) is 4.83. The van der Waals surface area contributed by atoms with Gasteiger partial charge in [0.15, 0.2) is 0 Å². The van der Waals surface area contributed by atoms with Crippen molar-refractivity contribution in [1.29, 1.82) is 0 Å². The first-order valence-corrected chi connectivity index (χ1v) is 1.85. The van der Waals surface area contributed by atoms with E-state index in [0.717, 1.165) is 6.42 Å². The second-order valence-corrected chi connectivity index (χ2v) is 0.927. The fraction of sp³-hybridized carbons (Fsp3) is 0.200. The van der Waals surface area contributed by atoms with Crippen LogP contribution in [0.1, 0.15) is 9.27 Å². The van der Waals surface area contributed by atoms with Gasteiger partial charge in [-0.15, -0.1) is 6.58 Å². The maximum atomic E-state index is 6.48. The molecule has 3 heteroatoms. The second-order valence-electron chi connectivity index (χ2n) is 0.927. The normalized spacial score (nSPS) is 7.00. The van der Waals surface area contributed by atoms with Gasteiger partial charge in [0.1, 0.15) is 0 Å². The maximum Gasteiger partial charge on any atom is 1.00 e. The van der Waals surface area contributed by atoms with Crippen LogP contribution in [-0.2, 0) is 22.4 Å². The molecule has 0 aromatic carbocycles. The van der Waals surface area contributed by atoms with Gasteiger partial charge in [0.05, 0.1) is 0 Å². The van der Waals surface area contributed by atoms with E-state index in [1.807, 2.05) is 0 Å². The van der Waals surface area contributed by atoms with Crippen LogP contribution in [0.15, 0.2) is 24.9 Å². The Kier molecular flexibility index (Phi) is 30.9. The molecule has 0 amide bonds. The maximum absolute atomic E-state index is 6.48. The molecule has 1 nitrogen and oxygen atoms in total. The molecule has 0 unspecified atom stereocenters. The standard InChI is InChI=1S/C5H8N.Au.H2P.H2/c1-2-3-4-5-6;;;/h2,4-6H,1,3H2;;1H2;1H/q;+1;-1;/p+1. The third-order valence-electron chi connectivity index (χ3n) is 0.421. The summed E-state index contributed by atoms with van der Waals surface area (Å²) < 4.78 is 0. The summed E-state index contributed by atoms with van der Waals surface area (Å²) in [6.45, 7) is 3.46. The fourth-order valence-electron chi connectivity index (χ4n) is 0.164. The van der Waals surface area contributed by atoms with Gasteiger partial charge in [-0.3, -0.25) is 0 Å². The Bertz CT molecular complexity index is 70.7. The minimum Gasteiger partial charge on any atom is -0.577 e. The van der Waals surface area contributed by atoms with E-state index in [-0.39, 0.29) is 35.1 Å². The molecule has 0 aliphatic carbocycles. The number of rotatable bonds is 2. The van der Waals surface area contributed by atoms with Crippen LogP contribution in [0, 0.1) is 0 Å². The molecule has 0 atom stereocenters. The van der Waals surface area contributed by atoms with Crippen molar-refractivity contribution in [2.24, 2.45) is 0 Å². The molecule has 53 valence electrons. The molecule has 0 aliphatic rings. The predicted octanol–water partition coefficient (Wildman–Crippen LogP) is 2.04. The Hall–Kier alpha value is 0.450. The molecule has 1 radical (unpaired) electrons. The van der Waals surface area contributed by atoms with E-state index < -0.39 is 0 Å². The van der Waals surface area contributed by atoms with Crippen LogP contribution in [-0.4, -0.2) is 0 Å². The third kappa shape index (κ3) is 16.1. The summed E-state index contributed by atoms with van der Waals surface area (Å²) in [7, 11) is 0. The summed E-state index contributed by atoms with van der Waals surface area (Å²) >= 11 is 0. The fourth-order valence-corrected chi connectivity index (χ4v) is 0.164. The van der Waals surface area contributed by atoms with Gasteiger partial charge >= 0.3 is 23.8 Å². The van der Waals surface area contributed by atoms with Crippen LogP contribution in [0.5, 0.6) is 0 Å². The molecule has 0 aromatic heterocycles. The summed E-state index contributed by atoms with van der Waals surface area (Å²) in [6, 6.07) is 0. The van der Waals surface area contributed by atoms with Crippen LogP contribution in [0.25, 0.3) is 0 Å². The van der Waals surface area contributed by atoms with Crippen LogP contribution >= 0.6 is 9.90 Å². The zero-order valence-electron chi connectivity index (χ0n) is 5.53. The van der Waals surface area contributed by atoms with Gasteiger partial charge in [-0.1, -0.05) is 12.2 Å². The summed E-state index contributed by atoms with van der Waals surface area (Å²) in [5.41, 5.74) is 6.48. The van der Waals surface area contributed by atoms with Crippen molar-refractivity contribution < 1.29 is 25.2 Å². The molecular weight excluding hydrogens is 302 g/mol. The summed E-state index contributed by atoms with van der Waals surface area (Å²) in [4.78, 5) is 0. The Labute approximate surface area is 72.5 Å². The van der Waals surface area contributed by atoms with Crippen LogP contribution < -0.4 is 5.73 Å². The van der Waals surface area contributed by atoms with Crippen molar-refractivity contribution in [2.75, 3.05) is 0 Å². The second kappa shape index (κ2) is 15.7. The number of nitrogens with one attached hydrogen (secondary N) is 1. The quantitative estimate of drug-likeness (QED) is 0.423. The van der Waals surface area contributed by atoms with Crippen molar-refractivity contribution in [1.82, 2.24) is 5.73 Å². The first-order valence-electron chi connectivity index (χ1n) is 1.85. The summed E-state index contributed by atoms with van der Waals surface area (Å²) in [5, 5.41) is 0. The first kappa shape index (κ1) is 15.8. The third-order valence-corrected chi connectivity index (χ3v) is 0.421. The van der Waals surface area contributed by atoms with Crippen molar-refractivity contribution in [3.05, 3.63) is 24.9 Å². The molecule has 0 fully saturated rings. The molecule has 0 saturated carbocycles. The Morgan fingerprint density at radius 3 is 2.38 bits per heavy atom. The van der Waals surface area contributed by atoms with Crippen LogP contribution in [0.3, 0.4) is 0 Å². The average Bonchev–Trinajstić information content (AvgIpc) is 1.61. The number of allylic oxidation sites excluding steroid dienone is 2. The Balaban J connectivity index is -0.0000000208. The van der Waals surface area contributed by atoms with Gasteiger partial charge in [0, 0.05) is 7.63 Å².